The number of likely N-dealkylation sites (N-methyl/N-ethyl adjacent to an activating group) is 1. The first kappa shape index (κ1) is 20.0. The first-order valence-corrected chi connectivity index (χ1v) is 9.65. The number of hydrogen-bond acceptors (Lipinski definition) is 5. The fourth-order valence-corrected chi connectivity index (χ4v) is 3.53. The molecule has 28 heavy (non-hydrogen) atoms. The smallest absolute Gasteiger partial charge is 0.323 e. The van der Waals surface area contributed by atoms with E-state index in [0.717, 1.165) is 37.1 Å². The van der Waals surface area contributed by atoms with Gasteiger partial charge in [-0.25, -0.2) is 0 Å². The summed E-state index contributed by atoms with van der Waals surface area (Å²) in [4.78, 5) is 38.0. The molecule has 1 fully saturated rings. The lowest BCUT2D eigenvalue weighted by Crippen LogP contribution is -2.37. The minimum absolute atomic E-state index is 0.0294. The molecule has 0 saturated carbocycles. The average Bonchev–Trinajstić information content (AvgIpc) is 3.21. The number of nitrogens with zero attached hydrogens (tertiary/aromatic N) is 1. The van der Waals surface area contributed by atoms with Crippen molar-refractivity contribution in [2.24, 2.45) is 0 Å². The highest BCUT2D eigenvalue weighted by molar-refractivity contribution is 5.98. The van der Waals surface area contributed by atoms with E-state index in [1.165, 1.54) is 6.92 Å². The summed E-state index contributed by atoms with van der Waals surface area (Å²) in [5.41, 5.74) is 3.10. The van der Waals surface area contributed by atoms with Crippen LogP contribution in [0.1, 0.15) is 47.4 Å². The van der Waals surface area contributed by atoms with Crippen LogP contribution in [0.15, 0.2) is 48.5 Å². The van der Waals surface area contributed by atoms with Gasteiger partial charge in [0, 0.05) is 11.1 Å². The van der Waals surface area contributed by atoms with Gasteiger partial charge in [0.2, 0.25) is 0 Å². The average molecular weight is 379 g/mol. The van der Waals surface area contributed by atoms with Crippen LogP contribution in [0.2, 0.25) is 0 Å². The Balaban J connectivity index is 1.59. The maximum atomic E-state index is 12.4. The van der Waals surface area contributed by atoms with E-state index in [-0.39, 0.29) is 30.2 Å². The maximum absolute atomic E-state index is 12.4. The lowest BCUT2D eigenvalue weighted by molar-refractivity contribution is -0.147. The molecule has 5 nitrogen and oxygen atoms in total. The van der Waals surface area contributed by atoms with Gasteiger partial charge in [-0.2, -0.15) is 0 Å². The Hall–Kier alpha value is -2.79. The van der Waals surface area contributed by atoms with Crippen LogP contribution in [0.3, 0.4) is 0 Å². The zero-order chi connectivity index (χ0) is 20.1. The Bertz CT molecular complexity index is 855. The minimum atomic E-state index is -0.310. The third-order valence-electron chi connectivity index (χ3n) is 5.22. The van der Waals surface area contributed by atoms with Crippen molar-refractivity contribution >= 4 is 17.5 Å². The van der Waals surface area contributed by atoms with Gasteiger partial charge < -0.3 is 4.74 Å². The topological polar surface area (TPSA) is 63.7 Å². The Morgan fingerprint density at radius 1 is 0.964 bits per heavy atom. The van der Waals surface area contributed by atoms with Crippen molar-refractivity contribution in [3.63, 3.8) is 0 Å². The minimum Gasteiger partial charge on any atom is -0.456 e. The Labute approximate surface area is 165 Å². The van der Waals surface area contributed by atoms with Gasteiger partial charge in [-0.05, 0) is 44.0 Å². The molecule has 146 valence electrons. The summed E-state index contributed by atoms with van der Waals surface area (Å²) in [6.45, 7) is 5.03. The van der Waals surface area contributed by atoms with Gasteiger partial charge in [-0.3, -0.25) is 19.3 Å². The van der Waals surface area contributed by atoms with E-state index in [2.05, 4.69) is 4.90 Å². The van der Waals surface area contributed by atoms with Crippen molar-refractivity contribution in [3.8, 4) is 11.1 Å². The second-order valence-corrected chi connectivity index (χ2v) is 7.03. The number of Topliss-reactive ketones (excluding diaryl/α,β-unsaturated/α-hetero) is 2. The van der Waals surface area contributed by atoms with Crippen LogP contribution >= 0.6 is 0 Å². The van der Waals surface area contributed by atoms with Gasteiger partial charge >= 0.3 is 5.97 Å². The zero-order valence-corrected chi connectivity index (χ0v) is 16.3. The molecule has 2 aromatic rings. The van der Waals surface area contributed by atoms with Crippen LogP contribution in [0, 0.1) is 0 Å². The number of benzene rings is 2. The van der Waals surface area contributed by atoms with Gasteiger partial charge in [0.1, 0.15) is 6.04 Å². The predicted octanol–water partition coefficient (Wildman–Crippen LogP) is 3.77. The van der Waals surface area contributed by atoms with E-state index in [1.54, 1.807) is 24.3 Å². The molecule has 0 bridgehead atoms. The van der Waals surface area contributed by atoms with E-state index in [4.69, 9.17) is 4.74 Å². The second-order valence-electron chi connectivity index (χ2n) is 7.03. The Kier molecular flexibility index (Phi) is 6.37. The summed E-state index contributed by atoms with van der Waals surface area (Å²) in [6.07, 6.45) is 1.77. The first-order valence-electron chi connectivity index (χ1n) is 9.65. The molecule has 0 aromatic heterocycles. The van der Waals surface area contributed by atoms with Crippen LogP contribution < -0.4 is 0 Å². The van der Waals surface area contributed by atoms with Crippen molar-refractivity contribution in [1.82, 2.24) is 4.90 Å². The van der Waals surface area contributed by atoms with Crippen LogP contribution in [0.4, 0.5) is 0 Å². The van der Waals surface area contributed by atoms with Crippen LogP contribution in [0.5, 0.6) is 0 Å². The largest absolute Gasteiger partial charge is 0.456 e. The van der Waals surface area contributed by atoms with Gasteiger partial charge in [0.05, 0.1) is 0 Å². The highest BCUT2D eigenvalue weighted by Crippen LogP contribution is 2.21. The zero-order valence-electron chi connectivity index (χ0n) is 16.3. The molecule has 1 saturated heterocycles. The number of carbonyl (C=O) groups is 3. The lowest BCUT2D eigenvalue weighted by Gasteiger charge is -2.20. The molecule has 5 heteroatoms. The van der Waals surface area contributed by atoms with Crippen molar-refractivity contribution in [3.05, 3.63) is 59.7 Å². The van der Waals surface area contributed by atoms with Crippen molar-refractivity contribution in [1.29, 1.82) is 0 Å². The van der Waals surface area contributed by atoms with Crippen molar-refractivity contribution in [2.45, 2.75) is 32.7 Å². The van der Waals surface area contributed by atoms with Gasteiger partial charge in [-0.1, -0.05) is 55.5 Å². The summed E-state index contributed by atoms with van der Waals surface area (Å²) in [7, 11) is 0. The van der Waals surface area contributed by atoms with E-state index in [9.17, 15) is 14.4 Å². The van der Waals surface area contributed by atoms with E-state index >= 15 is 0 Å². The molecule has 0 radical (unpaired) electrons. The number of esters is 1. The number of carbonyl (C=O) groups excluding carboxylic acids is 3. The van der Waals surface area contributed by atoms with Crippen molar-refractivity contribution < 1.29 is 19.1 Å². The Morgan fingerprint density at radius 3 is 2.07 bits per heavy atom. The molecule has 1 atom stereocenters. The fraction of sp³-hybridized carbons (Fsp3) is 0.348. The molecule has 1 aliphatic rings. The lowest BCUT2D eigenvalue weighted by atomic mass is 10.0. The molecule has 0 unspecified atom stereocenters. The molecule has 0 aliphatic carbocycles. The maximum Gasteiger partial charge on any atom is 0.323 e. The van der Waals surface area contributed by atoms with Crippen LogP contribution in [0.25, 0.3) is 11.1 Å². The molecule has 2 aromatic carbocycles. The number of ether oxygens (including phenoxy) is 1. The summed E-state index contributed by atoms with van der Waals surface area (Å²) in [6, 6.07) is 14.3. The highest BCUT2D eigenvalue weighted by atomic mass is 16.5. The summed E-state index contributed by atoms with van der Waals surface area (Å²) in [5, 5.41) is 0. The van der Waals surface area contributed by atoms with Crippen molar-refractivity contribution in [2.75, 3.05) is 19.7 Å². The fourth-order valence-electron chi connectivity index (χ4n) is 3.53. The molecule has 0 spiro atoms. The number of hydrogen-bond donors (Lipinski definition) is 0. The third-order valence-corrected chi connectivity index (χ3v) is 5.22. The van der Waals surface area contributed by atoms with E-state index < -0.39 is 0 Å². The van der Waals surface area contributed by atoms with Crippen LogP contribution in [-0.2, 0) is 9.53 Å². The molecule has 0 amide bonds. The molecule has 3 rings (SSSR count). The summed E-state index contributed by atoms with van der Waals surface area (Å²) < 4.78 is 5.26. The molecular weight excluding hydrogens is 354 g/mol. The number of likely N-dealkylation sites (tertiary alicyclic amines) is 1. The van der Waals surface area contributed by atoms with Gasteiger partial charge in [0.15, 0.2) is 18.2 Å². The van der Waals surface area contributed by atoms with Gasteiger partial charge in [0.25, 0.3) is 0 Å². The monoisotopic (exact) mass is 379 g/mol. The third kappa shape index (κ3) is 4.54. The van der Waals surface area contributed by atoms with Crippen LogP contribution in [-0.4, -0.2) is 48.2 Å². The summed E-state index contributed by atoms with van der Waals surface area (Å²) >= 11 is 0. The second kappa shape index (κ2) is 8.93. The number of rotatable bonds is 7. The summed E-state index contributed by atoms with van der Waals surface area (Å²) in [5.74, 6) is -0.496. The van der Waals surface area contributed by atoms with E-state index in [0.29, 0.717) is 11.1 Å². The Morgan fingerprint density at radius 2 is 1.54 bits per heavy atom. The first-order chi connectivity index (χ1) is 13.5. The molecular formula is C23H25NO4. The quantitative estimate of drug-likeness (QED) is 0.541. The normalized spacial score (nSPS) is 16.7. The molecule has 1 heterocycles. The molecule has 1 aliphatic heterocycles. The SMILES string of the molecule is CCN1CCC[C@H]1C(=O)OCC(=O)c1ccc(-c2ccc(C(C)=O)cc2)cc1. The predicted molar refractivity (Wildman–Crippen MR) is 107 cm³/mol. The molecule has 0 N–H and O–H groups in total. The highest BCUT2D eigenvalue weighted by Gasteiger charge is 2.31. The number of ketones is 2. The standard InChI is InChI=1S/C23H25NO4/c1-3-24-14-4-5-21(24)23(27)28-15-22(26)20-12-10-19(11-13-20)18-8-6-17(7-9-18)16(2)25/h6-13,21H,3-5,14-15H2,1-2H3/t21-/m0/s1. The van der Waals surface area contributed by atoms with E-state index in [1.807, 2.05) is 31.2 Å². The van der Waals surface area contributed by atoms with Gasteiger partial charge in [-0.15, -0.1) is 0 Å².